The van der Waals surface area contributed by atoms with Gasteiger partial charge in [-0.1, -0.05) is 45.0 Å². The van der Waals surface area contributed by atoms with E-state index in [0.29, 0.717) is 11.8 Å². The van der Waals surface area contributed by atoms with Crippen LogP contribution in [0.3, 0.4) is 0 Å². The van der Waals surface area contributed by atoms with Crippen LogP contribution in [0, 0.1) is 0 Å². The SMILES string of the molecule is CC(C)(C)c1nnc(COC(=O)Cc2cccc3cccnc23)o1. The Morgan fingerprint density at radius 3 is 2.71 bits per heavy atom. The molecule has 0 aliphatic heterocycles. The fraction of sp³-hybridized carbons (Fsp3) is 0.333. The van der Waals surface area contributed by atoms with Gasteiger partial charge in [-0.05, 0) is 11.6 Å². The number of carbonyl (C=O) groups excluding carboxylic acids is 1. The number of carbonyl (C=O) groups is 1. The zero-order chi connectivity index (χ0) is 17.2. The number of rotatable bonds is 4. The second-order valence-corrected chi connectivity index (χ2v) is 6.58. The maximum atomic E-state index is 12.1. The Hall–Kier alpha value is -2.76. The van der Waals surface area contributed by atoms with Gasteiger partial charge in [0.15, 0.2) is 6.61 Å². The first-order valence-corrected chi connectivity index (χ1v) is 7.74. The van der Waals surface area contributed by atoms with Gasteiger partial charge in [0.25, 0.3) is 5.89 Å². The quantitative estimate of drug-likeness (QED) is 0.685. The predicted molar refractivity (Wildman–Crippen MR) is 88.2 cm³/mol. The highest BCUT2D eigenvalue weighted by Crippen LogP contribution is 2.21. The van der Waals surface area contributed by atoms with E-state index in [2.05, 4.69) is 15.2 Å². The minimum Gasteiger partial charge on any atom is -0.455 e. The second-order valence-electron chi connectivity index (χ2n) is 6.58. The van der Waals surface area contributed by atoms with Crippen molar-refractivity contribution in [1.82, 2.24) is 15.2 Å². The molecule has 0 N–H and O–H groups in total. The van der Waals surface area contributed by atoms with E-state index in [4.69, 9.17) is 9.15 Å². The number of aromatic nitrogens is 3. The molecule has 0 fully saturated rings. The molecule has 6 heteroatoms. The summed E-state index contributed by atoms with van der Waals surface area (Å²) >= 11 is 0. The molecule has 0 saturated carbocycles. The summed E-state index contributed by atoms with van der Waals surface area (Å²) in [6.45, 7) is 5.90. The first-order valence-electron chi connectivity index (χ1n) is 7.74. The summed E-state index contributed by atoms with van der Waals surface area (Å²) < 4.78 is 10.8. The van der Waals surface area contributed by atoms with E-state index in [0.717, 1.165) is 16.5 Å². The summed E-state index contributed by atoms with van der Waals surface area (Å²) in [6.07, 6.45) is 1.86. The molecule has 0 aliphatic rings. The molecular formula is C18H19N3O3. The Balaban J connectivity index is 1.64. The number of benzene rings is 1. The van der Waals surface area contributed by atoms with Crippen molar-refractivity contribution in [2.75, 3.05) is 0 Å². The number of ether oxygens (including phenoxy) is 1. The molecule has 0 atom stereocenters. The van der Waals surface area contributed by atoms with E-state index in [9.17, 15) is 4.79 Å². The van der Waals surface area contributed by atoms with Gasteiger partial charge in [-0.25, -0.2) is 0 Å². The molecule has 1 aromatic carbocycles. The number of hydrogen-bond donors (Lipinski definition) is 0. The molecule has 3 rings (SSSR count). The number of para-hydroxylation sites is 1. The third kappa shape index (κ3) is 3.59. The van der Waals surface area contributed by atoms with Crippen LogP contribution in [0.4, 0.5) is 0 Å². The fourth-order valence-corrected chi connectivity index (χ4v) is 2.27. The van der Waals surface area contributed by atoms with E-state index >= 15 is 0 Å². The highest BCUT2D eigenvalue weighted by atomic mass is 16.5. The monoisotopic (exact) mass is 325 g/mol. The van der Waals surface area contributed by atoms with Crippen molar-refractivity contribution in [1.29, 1.82) is 0 Å². The predicted octanol–water partition coefficient (Wildman–Crippen LogP) is 3.20. The van der Waals surface area contributed by atoms with Gasteiger partial charge in [0.05, 0.1) is 11.9 Å². The van der Waals surface area contributed by atoms with Crippen molar-refractivity contribution in [3.63, 3.8) is 0 Å². The summed E-state index contributed by atoms with van der Waals surface area (Å²) in [5, 5.41) is 8.87. The van der Waals surface area contributed by atoms with Gasteiger partial charge in [-0.3, -0.25) is 9.78 Å². The Morgan fingerprint density at radius 1 is 1.17 bits per heavy atom. The molecule has 2 heterocycles. The highest BCUT2D eigenvalue weighted by Gasteiger charge is 2.21. The van der Waals surface area contributed by atoms with Crippen molar-refractivity contribution in [3.8, 4) is 0 Å². The van der Waals surface area contributed by atoms with Gasteiger partial charge in [-0.2, -0.15) is 0 Å². The van der Waals surface area contributed by atoms with E-state index in [1.54, 1.807) is 6.20 Å². The third-order valence-electron chi connectivity index (χ3n) is 3.52. The average Bonchev–Trinajstić information content (AvgIpc) is 3.03. The Bertz CT molecular complexity index is 860. The maximum absolute atomic E-state index is 12.1. The van der Waals surface area contributed by atoms with Crippen molar-refractivity contribution in [3.05, 3.63) is 53.9 Å². The lowest BCUT2D eigenvalue weighted by Crippen LogP contribution is -2.11. The lowest BCUT2D eigenvalue weighted by atomic mass is 9.97. The van der Waals surface area contributed by atoms with Gasteiger partial charge in [0, 0.05) is 17.0 Å². The summed E-state index contributed by atoms with van der Waals surface area (Å²) in [6, 6.07) is 9.57. The number of fused-ring (bicyclic) bond motifs is 1. The molecule has 0 radical (unpaired) electrons. The van der Waals surface area contributed by atoms with Crippen LogP contribution in [0.2, 0.25) is 0 Å². The molecule has 6 nitrogen and oxygen atoms in total. The normalized spacial score (nSPS) is 11.6. The van der Waals surface area contributed by atoms with Crippen molar-refractivity contribution in [2.24, 2.45) is 0 Å². The highest BCUT2D eigenvalue weighted by molar-refractivity contribution is 5.85. The summed E-state index contributed by atoms with van der Waals surface area (Å²) in [7, 11) is 0. The summed E-state index contributed by atoms with van der Waals surface area (Å²) in [5.74, 6) is 0.458. The number of esters is 1. The van der Waals surface area contributed by atoms with E-state index < -0.39 is 0 Å². The largest absolute Gasteiger partial charge is 0.455 e. The Labute approximate surface area is 139 Å². The third-order valence-corrected chi connectivity index (χ3v) is 3.52. The van der Waals surface area contributed by atoms with Crippen LogP contribution < -0.4 is 0 Å². The zero-order valence-corrected chi connectivity index (χ0v) is 13.9. The first kappa shape index (κ1) is 16.1. The summed E-state index contributed by atoms with van der Waals surface area (Å²) in [4.78, 5) is 16.4. The summed E-state index contributed by atoms with van der Waals surface area (Å²) in [5.41, 5.74) is 1.41. The fourth-order valence-electron chi connectivity index (χ4n) is 2.27. The van der Waals surface area contributed by atoms with Gasteiger partial charge in [0.1, 0.15) is 0 Å². The topological polar surface area (TPSA) is 78.1 Å². The molecule has 0 spiro atoms. The van der Waals surface area contributed by atoms with Gasteiger partial charge in [-0.15, -0.1) is 10.2 Å². The van der Waals surface area contributed by atoms with Gasteiger partial charge in [0.2, 0.25) is 5.89 Å². The molecule has 0 amide bonds. The minimum atomic E-state index is -0.358. The van der Waals surface area contributed by atoms with Crippen molar-refractivity contribution >= 4 is 16.9 Å². The molecular weight excluding hydrogens is 306 g/mol. The van der Waals surface area contributed by atoms with Crippen LogP contribution in [0.15, 0.2) is 40.9 Å². The minimum absolute atomic E-state index is 0.0277. The van der Waals surface area contributed by atoms with E-state index in [-0.39, 0.29) is 24.4 Å². The van der Waals surface area contributed by atoms with E-state index in [1.807, 2.05) is 51.1 Å². The molecule has 124 valence electrons. The van der Waals surface area contributed by atoms with Crippen LogP contribution in [0.5, 0.6) is 0 Å². The molecule has 0 unspecified atom stereocenters. The standard InChI is InChI=1S/C18H19N3O3/c1-18(2,3)17-21-20-14(24-17)11-23-15(22)10-13-7-4-6-12-8-5-9-19-16(12)13/h4-9H,10-11H2,1-3H3. The molecule has 0 bridgehead atoms. The van der Waals surface area contributed by atoms with Crippen molar-refractivity contribution in [2.45, 2.75) is 39.2 Å². The molecule has 0 aliphatic carbocycles. The number of nitrogens with zero attached hydrogens (tertiary/aromatic N) is 3. The average molecular weight is 325 g/mol. The van der Waals surface area contributed by atoms with Gasteiger partial charge >= 0.3 is 5.97 Å². The first-order chi connectivity index (χ1) is 11.4. The molecule has 24 heavy (non-hydrogen) atoms. The van der Waals surface area contributed by atoms with E-state index in [1.165, 1.54) is 0 Å². The van der Waals surface area contributed by atoms with Crippen molar-refractivity contribution < 1.29 is 13.9 Å². The van der Waals surface area contributed by atoms with Crippen LogP contribution in [0.1, 0.15) is 38.1 Å². The van der Waals surface area contributed by atoms with Crippen LogP contribution in [-0.4, -0.2) is 21.2 Å². The lowest BCUT2D eigenvalue weighted by Gasteiger charge is -2.11. The van der Waals surface area contributed by atoms with Gasteiger partial charge < -0.3 is 9.15 Å². The van der Waals surface area contributed by atoms with Crippen LogP contribution >= 0.6 is 0 Å². The zero-order valence-electron chi connectivity index (χ0n) is 13.9. The maximum Gasteiger partial charge on any atom is 0.310 e. The van der Waals surface area contributed by atoms with Crippen LogP contribution in [-0.2, 0) is 28.0 Å². The molecule has 0 saturated heterocycles. The number of hydrogen-bond acceptors (Lipinski definition) is 6. The smallest absolute Gasteiger partial charge is 0.310 e. The lowest BCUT2D eigenvalue weighted by molar-refractivity contribution is -0.144. The second kappa shape index (κ2) is 6.39. The Morgan fingerprint density at radius 2 is 1.96 bits per heavy atom. The molecule has 2 aromatic heterocycles. The number of pyridine rings is 1. The Kier molecular flexibility index (Phi) is 4.29. The van der Waals surface area contributed by atoms with Crippen LogP contribution in [0.25, 0.3) is 10.9 Å². The molecule has 3 aromatic rings.